The summed E-state index contributed by atoms with van der Waals surface area (Å²) < 4.78 is 13.1. The van der Waals surface area contributed by atoms with Gasteiger partial charge in [0.15, 0.2) is 0 Å². The van der Waals surface area contributed by atoms with Crippen LogP contribution in [0.5, 0.6) is 0 Å². The standard InChI is InChI=1S/C14H22FNO/c1-11(2)7-8-14(3,10-17)16-13-6-4-5-12(15)9-13/h4-6,9,11,16-17H,7-8,10H2,1-3H3. The Kier molecular flexibility index (Phi) is 4.94. The third-order valence-corrected chi connectivity index (χ3v) is 2.89. The lowest BCUT2D eigenvalue weighted by Gasteiger charge is -2.30. The summed E-state index contributed by atoms with van der Waals surface area (Å²) in [6.07, 6.45) is 1.89. The maximum absolute atomic E-state index is 13.1. The first-order valence-electron chi connectivity index (χ1n) is 6.10. The van der Waals surface area contributed by atoms with Crippen molar-refractivity contribution in [2.75, 3.05) is 11.9 Å². The van der Waals surface area contributed by atoms with Crippen LogP contribution in [0.15, 0.2) is 24.3 Å². The molecule has 1 unspecified atom stereocenters. The van der Waals surface area contributed by atoms with Gasteiger partial charge in [0.2, 0.25) is 0 Å². The van der Waals surface area contributed by atoms with E-state index in [0.29, 0.717) is 11.6 Å². The van der Waals surface area contributed by atoms with Crippen molar-refractivity contribution in [2.24, 2.45) is 5.92 Å². The maximum Gasteiger partial charge on any atom is 0.125 e. The number of hydrogen-bond donors (Lipinski definition) is 2. The molecule has 0 saturated heterocycles. The molecule has 0 aliphatic rings. The molecule has 1 rings (SSSR count). The van der Waals surface area contributed by atoms with E-state index in [1.54, 1.807) is 6.07 Å². The van der Waals surface area contributed by atoms with Crippen LogP contribution in [0.4, 0.5) is 10.1 Å². The molecule has 0 heterocycles. The number of aliphatic hydroxyl groups excluding tert-OH is 1. The molecule has 1 atom stereocenters. The van der Waals surface area contributed by atoms with Crippen LogP contribution in [0, 0.1) is 11.7 Å². The minimum atomic E-state index is -0.391. The summed E-state index contributed by atoms with van der Waals surface area (Å²) in [7, 11) is 0. The Morgan fingerprint density at radius 3 is 2.65 bits per heavy atom. The highest BCUT2D eigenvalue weighted by Gasteiger charge is 2.23. The highest BCUT2D eigenvalue weighted by Crippen LogP contribution is 2.22. The topological polar surface area (TPSA) is 32.3 Å². The van der Waals surface area contributed by atoms with Crippen molar-refractivity contribution in [3.63, 3.8) is 0 Å². The van der Waals surface area contributed by atoms with Crippen LogP contribution in [-0.2, 0) is 0 Å². The number of benzene rings is 1. The van der Waals surface area contributed by atoms with E-state index in [-0.39, 0.29) is 12.4 Å². The first kappa shape index (κ1) is 14.0. The van der Waals surface area contributed by atoms with Crippen molar-refractivity contribution >= 4 is 5.69 Å². The largest absolute Gasteiger partial charge is 0.394 e. The van der Waals surface area contributed by atoms with Crippen molar-refractivity contribution < 1.29 is 9.50 Å². The Hall–Kier alpha value is -1.09. The number of aliphatic hydroxyl groups is 1. The lowest BCUT2D eigenvalue weighted by Crippen LogP contribution is -2.39. The summed E-state index contributed by atoms with van der Waals surface area (Å²) >= 11 is 0. The van der Waals surface area contributed by atoms with Crippen molar-refractivity contribution in [1.29, 1.82) is 0 Å². The molecule has 17 heavy (non-hydrogen) atoms. The lowest BCUT2D eigenvalue weighted by molar-refractivity contribution is 0.208. The van der Waals surface area contributed by atoms with Gasteiger partial charge in [-0.05, 0) is 43.9 Å². The summed E-state index contributed by atoms with van der Waals surface area (Å²) in [6, 6.07) is 6.34. The molecule has 3 heteroatoms. The van der Waals surface area contributed by atoms with Gasteiger partial charge in [0.05, 0.1) is 12.1 Å². The Morgan fingerprint density at radius 1 is 1.41 bits per heavy atom. The summed E-state index contributed by atoms with van der Waals surface area (Å²) in [5, 5.41) is 12.7. The van der Waals surface area contributed by atoms with Gasteiger partial charge in [-0.2, -0.15) is 0 Å². The molecular formula is C14H22FNO. The van der Waals surface area contributed by atoms with Gasteiger partial charge in [-0.25, -0.2) is 4.39 Å². The lowest BCUT2D eigenvalue weighted by atomic mass is 9.92. The Labute approximate surface area is 103 Å². The van der Waals surface area contributed by atoms with Gasteiger partial charge < -0.3 is 10.4 Å². The molecule has 1 aromatic rings. The second-order valence-electron chi connectivity index (χ2n) is 5.29. The van der Waals surface area contributed by atoms with Crippen LogP contribution in [0.2, 0.25) is 0 Å². The molecule has 0 aromatic heterocycles. The number of rotatable bonds is 6. The molecule has 0 spiro atoms. The van der Waals surface area contributed by atoms with Gasteiger partial charge in [-0.3, -0.25) is 0 Å². The van der Waals surface area contributed by atoms with E-state index in [4.69, 9.17) is 0 Å². The molecule has 0 bridgehead atoms. The minimum absolute atomic E-state index is 0.0379. The number of nitrogens with one attached hydrogen (secondary N) is 1. The van der Waals surface area contributed by atoms with Crippen LogP contribution in [0.25, 0.3) is 0 Å². The summed E-state index contributed by atoms with van der Waals surface area (Å²) in [5.74, 6) is 0.328. The fraction of sp³-hybridized carbons (Fsp3) is 0.571. The van der Waals surface area contributed by atoms with Crippen molar-refractivity contribution in [3.05, 3.63) is 30.1 Å². The van der Waals surface area contributed by atoms with Gasteiger partial charge >= 0.3 is 0 Å². The molecule has 0 saturated carbocycles. The van der Waals surface area contributed by atoms with E-state index in [1.165, 1.54) is 12.1 Å². The van der Waals surface area contributed by atoms with Crippen molar-refractivity contribution in [1.82, 2.24) is 0 Å². The van der Waals surface area contributed by atoms with Gasteiger partial charge in [0.25, 0.3) is 0 Å². The third-order valence-electron chi connectivity index (χ3n) is 2.89. The van der Waals surface area contributed by atoms with Crippen molar-refractivity contribution in [2.45, 2.75) is 39.2 Å². The molecule has 2 N–H and O–H groups in total. The van der Waals surface area contributed by atoms with E-state index in [2.05, 4.69) is 19.2 Å². The van der Waals surface area contributed by atoms with Crippen LogP contribution < -0.4 is 5.32 Å². The van der Waals surface area contributed by atoms with Crippen LogP contribution in [0.3, 0.4) is 0 Å². The molecule has 0 aliphatic heterocycles. The van der Waals surface area contributed by atoms with E-state index < -0.39 is 5.54 Å². The molecule has 1 aromatic carbocycles. The zero-order valence-electron chi connectivity index (χ0n) is 10.8. The van der Waals surface area contributed by atoms with Crippen LogP contribution in [-0.4, -0.2) is 17.3 Å². The SMILES string of the molecule is CC(C)CCC(C)(CO)Nc1cccc(F)c1. The minimum Gasteiger partial charge on any atom is -0.394 e. The Bertz CT molecular complexity index is 354. The zero-order valence-corrected chi connectivity index (χ0v) is 10.8. The number of anilines is 1. The molecule has 0 aliphatic carbocycles. The van der Waals surface area contributed by atoms with Crippen LogP contribution >= 0.6 is 0 Å². The monoisotopic (exact) mass is 239 g/mol. The number of halogens is 1. The predicted molar refractivity (Wildman–Crippen MR) is 69.6 cm³/mol. The summed E-state index contributed by atoms with van der Waals surface area (Å²) in [4.78, 5) is 0. The van der Waals surface area contributed by atoms with Gasteiger partial charge in [-0.15, -0.1) is 0 Å². The van der Waals surface area contributed by atoms with E-state index in [9.17, 15) is 9.50 Å². The average molecular weight is 239 g/mol. The van der Waals surface area contributed by atoms with E-state index in [1.807, 2.05) is 13.0 Å². The van der Waals surface area contributed by atoms with Crippen LogP contribution in [0.1, 0.15) is 33.6 Å². The molecule has 2 nitrogen and oxygen atoms in total. The zero-order chi connectivity index (χ0) is 12.9. The first-order valence-corrected chi connectivity index (χ1v) is 6.10. The van der Waals surface area contributed by atoms with E-state index >= 15 is 0 Å². The fourth-order valence-electron chi connectivity index (χ4n) is 1.70. The average Bonchev–Trinajstić information content (AvgIpc) is 2.26. The Balaban J connectivity index is 2.67. The predicted octanol–water partition coefficient (Wildman–Crippen LogP) is 3.42. The second-order valence-corrected chi connectivity index (χ2v) is 5.29. The highest BCUT2D eigenvalue weighted by molar-refractivity contribution is 5.45. The summed E-state index contributed by atoms with van der Waals surface area (Å²) in [6.45, 7) is 6.30. The quantitative estimate of drug-likeness (QED) is 0.797. The Morgan fingerprint density at radius 2 is 2.12 bits per heavy atom. The molecule has 0 fully saturated rings. The smallest absolute Gasteiger partial charge is 0.125 e. The molecule has 96 valence electrons. The second kappa shape index (κ2) is 6.01. The first-order chi connectivity index (χ1) is 7.95. The normalized spacial score (nSPS) is 14.7. The molecular weight excluding hydrogens is 217 g/mol. The molecule has 0 amide bonds. The fourth-order valence-corrected chi connectivity index (χ4v) is 1.70. The highest BCUT2D eigenvalue weighted by atomic mass is 19.1. The third kappa shape index (κ3) is 4.73. The van der Waals surface area contributed by atoms with E-state index in [0.717, 1.165) is 12.8 Å². The van der Waals surface area contributed by atoms with Gasteiger partial charge in [0.1, 0.15) is 5.82 Å². The van der Waals surface area contributed by atoms with Crippen molar-refractivity contribution in [3.8, 4) is 0 Å². The number of hydrogen-bond acceptors (Lipinski definition) is 2. The molecule has 0 radical (unpaired) electrons. The van der Waals surface area contributed by atoms with Gasteiger partial charge in [-0.1, -0.05) is 19.9 Å². The summed E-state index contributed by atoms with van der Waals surface area (Å²) in [5.41, 5.74) is 0.322. The van der Waals surface area contributed by atoms with Gasteiger partial charge in [0, 0.05) is 5.69 Å². The maximum atomic E-state index is 13.1.